The van der Waals surface area contributed by atoms with Crippen molar-refractivity contribution >= 4 is 8.60 Å². The monoisotopic (exact) mass is 173 g/mol. The van der Waals surface area contributed by atoms with Crippen LogP contribution in [-0.4, -0.2) is 18.1 Å². The summed E-state index contributed by atoms with van der Waals surface area (Å²) in [6.07, 6.45) is 0. The summed E-state index contributed by atoms with van der Waals surface area (Å²) in [7, 11) is -1.58. The van der Waals surface area contributed by atoms with Crippen LogP contribution in [0.1, 0.15) is 13.8 Å². The van der Waals surface area contributed by atoms with Gasteiger partial charge in [0.1, 0.15) is 0 Å². The van der Waals surface area contributed by atoms with E-state index in [1.165, 1.54) is 0 Å². The zero-order valence-corrected chi connectivity index (χ0v) is 7.15. The standard InChI is InChI=1S/C4H11O3P.ClH/c1-3-6-8(5)7-4-2;/h5H,3-4H2,1-2H3;1H/p-1. The molecule has 0 bridgehead atoms. The Morgan fingerprint density at radius 3 is 1.78 bits per heavy atom. The molecule has 0 atom stereocenters. The van der Waals surface area contributed by atoms with Crippen LogP contribution in [0.4, 0.5) is 0 Å². The minimum Gasteiger partial charge on any atom is -1.00 e. The lowest BCUT2D eigenvalue weighted by Crippen LogP contribution is -3.00. The highest BCUT2D eigenvalue weighted by molar-refractivity contribution is 7.40. The van der Waals surface area contributed by atoms with Crippen molar-refractivity contribution in [1.29, 1.82) is 0 Å². The molecule has 0 rings (SSSR count). The highest BCUT2D eigenvalue weighted by Gasteiger charge is 2.00. The van der Waals surface area contributed by atoms with Crippen molar-refractivity contribution in [2.45, 2.75) is 13.8 Å². The van der Waals surface area contributed by atoms with Gasteiger partial charge in [-0.3, -0.25) is 0 Å². The fraction of sp³-hybridized carbons (Fsp3) is 1.00. The van der Waals surface area contributed by atoms with Gasteiger partial charge in [-0.1, -0.05) is 0 Å². The number of hydrogen-bond donors (Lipinski definition) is 1. The Morgan fingerprint density at radius 2 is 1.56 bits per heavy atom. The topological polar surface area (TPSA) is 38.7 Å². The van der Waals surface area contributed by atoms with Crippen molar-refractivity contribution in [3.63, 3.8) is 0 Å². The summed E-state index contributed by atoms with van der Waals surface area (Å²) in [6.45, 7) is 4.62. The predicted molar refractivity (Wildman–Crippen MR) is 32.4 cm³/mol. The maximum atomic E-state index is 8.67. The maximum absolute atomic E-state index is 8.67. The Kier molecular flexibility index (Phi) is 11.7. The average molecular weight is 174 g/mol. The minimum absolute atomic E-state index is 0. The van der Waals surface area contributed by atoms with E-state index < -0.39 is 8.60 Å². The first-order valence-corrected chi connectivity index (χ1v) is 3.69. The number of halogens is 1. The maximum Gasteiger partial charge on any atom is 0.329 e. The van der Waals surface area contributed by atoms with Gasteiger partial charge in [0.15, 0.2) is 0 Å². The summed E-state index contributed by atoms with van der Waals surface area (Å²) >= 11 is 0. The lowest BCUT2D eigenvalue weighted by atomic mass is 10.9. The van der Waals surface area contributed by atoms with E-state index in [1.807, 2.05) is 13.8 Å². The van der Waals surface area contributed by atoms with E-state index in [0.29, 0.717) is 13.2 Å². The molecule has 1 N–H and O–H groups in total. The SMILES string of the molecule is CCOP(O)OCC.[Cl-]. The molecule has 0 fully saturated rings. The van der Waals surface area contributed by atoms with Crippen LogP contribution in [-0.2, 0) is 9.05 Å². The third-order valence-corrected chi connectivity index (χ3v) is 1.44. The molecule has 0 amide bonds. The molecule has 0 radical (unpaired) electrons. The zero-order chi connectivity index (χ0) is 6.41. The van der Waals surface area contributed by atoms with Gasteiger partial charge in [0, 0.05) is 0 Å². The molecule has 0 spiro atoms. The van der Waals surface area contributed by atoms with Crippen LogP contribution in [0.25, 0.3) is 0 Å². The highest BCUT2D eigenvalue weighted by atomic mass is 35.5. The Balaban J connectivity index is 0. The van der Waals surface area contributed by atoms with E-state index in [1.54, 1.807) is 0 Å². The summed E-state index contributed by atoms with van der Waals surface area (Å²) in [5, 5.41) is 0. The molecule has 5 heteroatoms. The quantitative estimate of drug-likeness (QED) is 0.515. The van der Waals surface area contributed by atoms with Gasteiger partial charge in [0.05, 0.1) is 13.2 Å². The third kappa shape index (κ3) is 8.60. The van der Waals surface area contributed by atoms with Crippen molar-refractivity contribution in [2.24, 2.45) is 0 Å². The van der Waals surface area contributed by atoms with Gasteiger partial charge in [-0.25, -0.2) is 0 Å². The molecule has 0 heterocycles. The van der Waals surface area contributed by atoms with E-state index in [-0.39, 0.29) is 12.4 Å². The van der Waals surface area contributed by atoms with Crippen molar-refractivity contribution in [3.8, 4) is 0 Å². The van der Waals surface area contributed by atoms with Crippen LogP contribution in [0.3, 0.4) is 0 Å². The second-order valence-electron chi connectivity index (χ2n) is 1.07. The summed E-state index contributed by atoms with van der Waals surface area (Å²) in [5.74, 6) is 0. The number of hydrogen-bond acceptors (Lipinski definition) is 3. The fourth-order valence-electron chi connectivity index (χ4n) is 0.258. The van der Waals surface area contributed by atoms with Crippen LogP contribution in [0.5, 0.6) is 0 Å². The second kappa shape index (κ2) is 8.60. The minimum atomic E-state index is -1.58. The van der Waals surface area contributed by atoms with Gasteiger partial charge in [-0.2, -0.15) is 0 Å². The molecule has 0 aromatic heterocycles. The fourth-order valence-corrected chi connectivity index (χ4v) is 0.774. The normalized spacial score (nSPS) is 9.33. The summed E-state index contributed by atoms with van der Waals surface area (Å²) in [5.41, 5.74) is 0. The van der Waals surface area contributed by atoms with Crippen molar-refractivity contribution in [1.82, 2.24) is 0 Å². The molecule has 3 nitrogen and oxygen atoms in total. The zero-order valence-electron chi connectivity index (χ0n) is 5.50. The lowest BCUT2D eigenvalue weighted by Gasteiger charge is -2.05. The molecule has 58 valence electrons. The van der Waals surface area contributed by atoms with Gasteiger partial charge >= 0.3 is 8.60 Å². The van der Waals surface area contributed by atoms with Crippen molar-refractivity contribution in [3.05, 3.63) is 0 Å². The first-order valence-electron chi connectivity index (χ1n) is 2.56. The molecule has 0 aromatic carbocycles. The molecule has 0 aliphatic heterocycles. The van der Waals surface area contributed by atoms with E-state index in [9.17, 15) is 0 Å². The van der Waals surface area contributed by atoms with Crippen LogP contribution in [0, 0.1) is 0 Å². The largest absolute Gasteiger partial charge is 1.00 e. The van der Waals surface area contributed by atoms with Gasteiger partial charge < -0.3 is 26.3 Å². The summed E-state index contributed by atoms with van der Waals surface area (Å²) < 4.78 is 9.36. The molecule has 0 aliphatic carbocycles. The highest BCUT2D eigenvalue weighted by Crippen LogP contribution is 2.31. The molecule has 0 saturated heterocycles. The second-order valence-corrected chi connectivity index (χ2v) is 2.07. The van der Waals surface area contributed by atoms with Gasteiger partial charge in [-0.05, 0) is 13.8 Å². The van der Waals surface area contributed by atoms with Crippen LogP contribution in [0.2, 0.25) is 0 Å². The molecule has 9 heavy (non-hydrogen) atoms. The van der Waals surface area contributed by atoms with E-state index in [2.05, 4.69) is 9.05 Å². The van der Waals surface area contributed by atoms with Crippen LogP contribution < -0.4 is 12.4 Å². The number of rotatable bonds is 4. The van der Waals surface area contributed by atoms with Crippen LogP contribution >= 0.6 is 8.60 Å². The van der Waals surface area contributed by atoms with Crippen LogP contribution in [0.15, 0.2) is 0 Å². The third-order valence-electron chi connectivity index (χ3n) is 0.479. The van der Waals surface area contributed by atoms with E-state index in [0.717, 1.165) is 0 Å². The molecule has 0 aromatic rings. The molecular formula is C4H11ClO3P-. The van der Waals surface area contributed by atoms with E-state index >= 15 is 0 Å². The Hall–Kier alpha value is 0.600. The Bertz CT molecular complexity index is 49.1. The van der Waals surface area contributed by atoms with Gasteiger partial charge in [-0.15, -0.1) is 0 Å². The van der Waals surface area contributed by atoms with E-state index in [4.69, 9.17) is 4.89 Å². The first kappa shape index (κ1) is 12.3. The van der Waals surface area contributed by atoms with Crippen molar-refractivity contribution in [2.75, 3.05) is 13.2 Å². The summed E-state index contributed by atoms with van der Waals surface area (Å²) in [6, 6.07) is 0. The Labute approximate surface area is 62.8 Å². The molecule has 0 saturated carbocycles. The average Bonchev–Trinajstić information content (AvgIpc) is 1.68. The lowest BCUT2D eigenvalue weighted by molar-refractivity contribution is -0.00000624. The molecule has 0 aliphatic rings. The van der Waals surface area contributed by atoms with Gasteiger partial charge in [0.25, 0.3) is 0 Å². The van der Waals surface area contributed by atoms with Gasteiger partial charge in [0.2, 0.25) is 0 Å². The predicted octanol–water partition coefficient (Wildman–Crippen LogP) is -1.72. The molecular weight excluding hydrogens is 162 g/mol. The molecule has 0 unspecified atom stereocenters. The van der Waals surface area contributed by atoms with Crippen molar-refractivity contribution < 1.29 is 26.3 Å². The Morgan fingerprint density at radius 1 is 1.22 bits per heavy atom. The summed E-state index contributed by atoms with van der Waals surface area (Å²) in [4.78, 5) is 8.67. The first-order chi connectivity index (χ1) is 3.81. The smallest absolute Gasteiger partial charge is 0.329 e.